The van der Waals surface area contributed by atoms with Crippen molar-refractivity contribution in [3.8, 4) is 11.4 Å². The van der Waals surface area contributed by atoms with E-state index in [-0.39, 0.29) is 12.2 Å². The molecule has 1 aliphatic heterocycles. The van der Waals surface area contributed by atoms with E-state index >= 15 is 0 Å². The van der Waals surface area contributed by atoms with Gasteiger partial charge in [-0.1, -0.05) is 18.2 Å². The molecule has 0 fully saturated rings. The predicted molar refractivity (Wildman–Crippen MR) is 82.5 cm³/mol. The average molecular weight is 294 g/mol. The van der Waals surface area contributed by atoms with E-state index in [0.717, 1.165) is 11.1 Å². The van der Waals surface area contributed by atoms with Crippen molar-refractivity contribution in [1.82, 2.24) is 9.55 Å². The minimum Gasteiger partial charge on any atom is -0.490 e. The molecule has 1 atom stereocenters. The molecule has 0 amide bonds. The Morgan fingerprint density at radius 3 is 2.82 bits per heavy atom. The fourth-order valence-corrected chi connectivity index (χ4v) is 2.88. The summed E-state index contributed by atoms with van der Waals surface area (Å²) >= 11 is 0. The molecule has 0 bridgehead atoms. The van der Waals surface area contributed by atoms with Gasteiger partial charge in [0.15, 0.2) is 5.65 Å². The zero-order valence-corrected chi connectivity index (χ0v) is 11.8. The van der Waals surface area contributed by atoms with Crippen molar-refractivity contribution in [2.24, 2.45) is 0 Å². The lowest BCUT2D eigenvalue weighted by molar-refractivity contribution is 0.0925. The summed E-state index contributed by atoms with van der Waals surface area (Å²) in [6, 6.07) is 13.1. The topological polar surface area (TPSA) is 64.4 Å². The van der Waals surface area contributed by atoms with Crippen molar-refractivity contribution in [3.63, 3.8) is 0 Å². The number of aromatic nitrogens is 2. The van der Waals surface area contributed by atoms with E-state index < -0.39 is 6.10 Å². The molecular formula is C17H14N2O3. The number of nitrogens with zero attached hydrogens (tertiary/aromatic N) is 2. The zero-order chi connectivity index (χ0) is 15.1. The molecule has 0 saturated carbocycles. The molecule has 5 heteroatoms. The molecule has 3 heterocycles. The smallest absolute Gasteiger partial charge is 0.263 e. The Hall–Kier alpha value is -2.66. The Morgan fingerprint density at radius 2 is 2.00 bits per heavy atom. The summed E-state index contributed by atoms with van der Waals surface area (Å²) in [6.45, 7) is 0.200. The maximum atomic E-state index is 12.9. The second-order valence-electron chi connectivity index (χ2n) is 5.33. The molecule has 5 nitrogen and oxygen atoms in total. The van der Waals surface area contributed by atoms with Crippen LogP contribution in [0.5, 0.6) is 5.75 Å². The third-order valence-corrected chi connectivity index (χ3v) is 3.85. The number of rotatable bonds is 1. The van der Waals surface area contributed by atoms with Gasteiger partial charge in [0.2, 0.25) is 0 Å². The number of pyridine rings is 2. The quantitative estimate of drug-likeness (QED) is 0.741. The van der Waals surface area contributed by atoms with Crippen LogP contribution in [-0.4, -0.2) is 27.4 Å². The summed E-state index contributed by atoms with van der Waals surface area (Å²) in [5.74, 6) is 0.547. The number of aliphatic hydroxyl groups excluding tert-OH is 1. The van der Waals surface area contributed by atoms with Crippen LogP contribution in [0.4, 0.5) is 0 Å². The number of fused-ring (bicyclic) bond motifs is 3. The van der Waals surface area contributed by atoms with Gasteiger partial charge in [-0.15, -0.1) is 0 Å². The number of aliphatic hydroxyl groups is 1. The van der Waals surface area contributed by atoms with Crippen molar-refractivity contribution >= 4 is 11.0 Å². The maximum absolute atomic E-state index is 12.9. The standard InChI is InChI=1S/C17H14N2O3/c20-12-9-14-15(22-10-12)13-7-4-8-18-16(13)19(17(14)21)11-5-2-1-3-6-11/h1-8,12,20H,9-10H2. The Bertz CT molecular complexity index is 903. The largest absolute Gasteiger partial charge is 0.490 e. The van der Waals surface area contributed by atoms with Gasteiger partial charge in [-0.3, -0.25) is 9.36 Å². The van der Waals surface area contributed by atoms with Crippen LogP contribution in [0.15, 0.2) is 53.5 Å². The Morgan fingerprint density at radius 1 is 1.18 bits per heavy atom. The van der Waals surface area contributed by atoms with Crippen molar-refractivity contribution in [3.05, 3.63) is 64.6 Å². The first-order chi connectivity index (χ1) is 10.8. The highest BCUT2D eigenvalue weighted by Gasteiger charge is 2.26. The molecule has 0 aliphatic carbocycles. The number of benzene rings is 1. The molecule has 3 aromatic rings. The number of ether oxygens (including phenoxy) is 1. The van der Waals surface area contributed by atoms with E-state index in [0.29, 0.717) is 23.4 Å². The Labute approximate surface area is 126 Å². The van der Waals surface area contributed by atoms with E-state index in [1.54, 1.807) is 10.8 Å². The minimum absolute atomic E-state index is 0.189. The monoisotopic (exact) mass is 294 g/mol. The van der Waals surface area contributed by atoms with Gasteiger partial charge in [-0.05, 0) is 24.3 Å². The predicted octanol–water partition coefficient (Wildman–Crippen LogP) is 1.68. The second kappa shape index (κ2) is 4.96. The fourth-order valence-electron chi connectivity index (χ4n) is 2.88. The highest BCUT2D eigenvalue weighted by molar-refractivity contribution is 5.85. The summed E-state index contributed by atoms with van der Waals surface area (Å²) in [5, 5.41) is 10.6. The second-order valence-corrected chi connectivity index (χ2v) is 5.33. The molecule has 22 heavy (non-hydrogen) atoms. The number of hydrogen-bond donors (Lipinski definition) is 1. The molecule has 1 aromatic carbocycles. The molecule has 1 unspecified atom stereocenters. The summed E-state index contributed by atoms with van der Waals surface area (Å²) in [6.07, 6.45) is 1.30. The van der Waals surface area contributed by atoms with Crippen LogP contribution < -0.4 is 10.3 Å². The van der Waals surface area contributed by atoms with E-state index in [1.807, 2.05) is 42.5 Å². The van der Waals surface area contributed by atoms with Crippen LogP contribution in [0.2, 0.25) is 0 Å². The van der Waals surface area contributed by atoms with Gasteiger partial charge in [0.25, 0.3) is 5.56 Å². The maximum Gasteiger partial charge on any atom is 0.263 e. The fraction of sp³-hybridized carbons (Fsp3) is 0.176. The lowest BCUT2D eigenvalue weighted by atomic mass is 10.0. The highest BCUT2D eigenvalue weighted by atomic mass is 16.5. The van der Waals surface area contributed by atoms with E-state index in [2.05, 4.69) is 4.98 Å². The summed E-state index contributed by atoms with van der Waals surface area (Å²) in [4.78, 5) is 17.3. The van der Waals surface area contributed by atoms with Crippen molar-refractivity contribution in [2.75, 3.05) is 6.61 Å². The van der Waals surface area contributed by atoms with Crippen LogP contribution in [0.3, 0.4) is 0 Å². The number of hydrogen-bond acceptors (Lipinski definition) is 4. The van der Waals surface area contributed by atoms with Gasteiger partial charge in [0.1, 0.15) is 12.4 Å². The van der Waals surface area contributed by atoms with E-state index in [4.69, 9.17) is 4.74 Å². The third kappa shape index (κ3) is 1.90. The molecule has 0 saturated heterocycles. The van der Waals surface area contributed by atoms with Gasteiger partial charge in [-0.25, -0.2) is 4.98 Å². The molecular weight excluding hydrogens is 280 g/mol. The average Bonchev–Trinajstić information content (AvgIpc) is 2.56. The minimum atomic E-state index is -0.654. The van der Waals surface area contributed by atoms with Crippen molar-refractivity contribution in [1.29, 1.82) is 0 Å². The van der Waals surface area contributed by atoms with E-state index in [1.165, 1.54) is 0 Å². The molecule has 1 N–H and O–H groups in total. The Balaban J connectivity index is 2.13. The summed E-state index contributed by atoms with van der Waals surface area (Å²) in [5.41, 5.74) is 1.63. The van der Waals surface area contributed by atoms with Gasteiger partial charge in [0.05, 0.1) is 22.7 Å². The Kier molecular flexibility index (Phi) is 2.94. The number of para-hydroxylation sites is 1. The molecule has 4 rings (SSSR count). The van der Waals surface area contributed by atoms with Crippen LogP contribution in [0.1, 0.15) is 5.56 Å². The van der Waals surface area contributed by atoms with Gasteiger partial charge in [0, 0.05) is 12.6 Å². The van der Waals surface area contributed by atoms with Gasteiger partial charge < -0.3 is 9.84 Å². The van der Waals surface area contributed by atoms with Gasteiger partial charge >= 0.3 is 0 Å². The van der Waals surface area contributed by atoms with Crippen LogP contribution in [-0.2, 0) is 6.42 Å². The van der Waals surface area contributed by atoms with Crippen LogP contribution >= 0.6 is 0 Å². The first-order valence-electron chi connectivity index (χ1n) is 7.14. The summed E-state index contributed by atoms with van der Waals surface area (Å²) in [7, 11) is 0. The van der Waals surface area contributed by atoms with Gasteiger partial charge in [-0.2, -0.15) is 0 Å². The van der Waals surface area contributed by atoms with E-state index in [9.17, 15) is 9.90 Å². The zero-order valence-electron chi connectivity index (χ0n) is 11.8. The third-order valence-electron chi connectivity index (χ3n) is 3.85. The molecule has 2 aromatic heterocycles. The van der Waals surface area contributed by atoms with Crippen molar-refractivity contribution < 1.29 is 9.84 Å². The summed E-state index contributed by atoms with van der Waals surface area (Å²) < 4.78 is 7.20. The van der Waals surface area contributed by atoms with Crippen LogP contribution in [0.25, 0.3) is 16.7 Å². The molecule has 0 spiro atoms. The molecule has 110 valence electrons. The van der Waals surface area contributed by atoms with Crippen molar-refractivity contribution in [2.45, 2.75) is 12.5 Å². The molecule has 0 radical (unpaired) electrons. The lowest BCUT2D eigenvalue weighted by Crippen LogP contribution is -2.33. The molecule has 1 aliphatic rings. The normalized spacial score (nSPS) is 17.0. The first kappa shape index (κ1) is 13.0. The first-order valence-corrected chi connectivity index (χ1v) is 7.14. The lowest BCUT2D eigenvalue weighted by Gasteiger charge is -2.24. The SMILES string of the molecule is O=c1c2c(c3cccnc3n1-c1ccccc1)OCC(O)C2. The van der Waals surface area contributed by atoms with Crippen LogP contribution in [0, 0.1) is 0 Å². The highest BCUT2D eigenvalue weighted by Crippen LogP contribution is 2.31.